The molecule has 0 spiro atoms. The zero-order valence-corrected chi connectivity index (χ0v) is 16.3. The maximum absolute atomic E-state index is 14.5. The lowest BCUT2D eigenvalue weighted by atomic mass is 10.2. The van der Waals surface area contributed by atoms with Gasteiger partial charge < -0.3 is 15.0 Å². The molecular weight excluding hydrogens is 396 g/mol. The molecule has 1 heterocycles. The summed E-state index contributed by atoms with van der Waals surface area (Å²) in [6.07, 6.45) is 0.391. The van der Waals surface area contributed by atoms with Crippen molar-refractivity contribution in [3.05, 3.63) is 28.8 Å². The molecule has 1 aromatic rings. The number of hydrogen-bond donors (Lipinski definition) is 1. The highest BCUT2D eigenvalue weighted by Gasteiger charge is 2.45. The third kappa shape index (κ3) is 4.04. The lowest BCUT2D eigenvalue weighted by Crippen LogP contribution is -2.47. The first kappa shape index (κ1) is 20.3. The van der Waals surface area contributed by atoms with Crippen LogP contribution in [-0.2, 0) is 9.53 Å². The van der Waals surface area contributed by atoms with Gasteiger partial charge in [0.2, 0.25) is 0 Å². The summed E-state index contributed by atoms with van der Waals surface area (Å²) >= 11 is 5.64. The van der Waals surface area contributed by atoms with Crippen LogP contribution in [0.2, 0.25) is 5.02 Å². The van der Waals surface area contributed by atoms with Crippen LogP contribution in [0.15, 0.2) is 12.1 Å². The minimum atomic E-state index is -1.08. The smallest absolute Gasteiger partial charge is 0.418 e. The molecular formula is C18H20ClF2N3O4. The molecule has 0 aromatic heterocycles. The van der Waals surface area contributed by atoms with Gasteiger partial charge >= 0.3 is 12.1 Å². The third-order valence-electron chi connectivity index (χ3n) is 4.24. The highest BCUT2D eigenvalue weighted by molar-refractivity contribution is 6.31. The Bertz CT molecular complexity index is 839. The molecule has 3 rings (SSSR count). The molecule has 1 aliphatic carbocycles. The lowest BCUT2D eigenvalue weighted by Gasteiger charge is -2.26. The fourth-order valence-electron chi connectivity index (χ4n) is 2.85. The number of ether oxygens (including phenoxy) is 1. The summed E-state index contributed by atoms with van der Waals surface area (Å²) in [5.41, 5.74) is -0.975. The molecule has 4 amide bonds. The van der Waals surface area contributed by atoms with Gasteiger partial charge in [-0.3, -0.25) is 4.79 Å². The van der Waals surface area contributed by atoms with Gasteiger partial charge in [-0.15, -0.1) is 0 Å². The Morgan fingerprint density at radius 2 is 1.93 bits per heavy atom. The molecule has 10 heteroatoms. The first-order valence-corrected chi connectivity index (χ1v) is 9.15. The van der Waals surface area contributed by atoms with E-state index in [2.05, 4.69) is 5.32 Å². The van der Waals surface area contributed by atoms with E-state index in [9.17, 15) is 23.2 Å². The Morgan fingerprint density at radius 3 is 2.50 bits per heavy atom. The normalized spacial score (nSPS) is 19.4. The minimum absolute atomic E-state index is 0.163. The zero-order valence-electron chi connectivity index (χ0n) is 15.6. The molecule has 1 saturated carbocycles. The van der Waals surface area contributed by atoms with Crippen LogP contribution in [0.1, 0.15) is 33.6 Å². The van der Waals surface area contributed by atoms with Crippen molar-refractivity contribution < 1.29 is 27.9 Å². The summed E-state index contributed by atoms with van der Waals surface area (Å²) in [7, 11) is 0. The van der Waals surface area contributed by atoms with Crippen LogP contribution in [-0.4, -0.2) is 47.2 Å². The van der Waals surface area contributed by atoms with Gasteiger partial charge in [-0.1, -0.05) is 11.6 Å². The summed E-state index contributed by atoms with van der Waals surface area (Å²) in [6, 6.07) is -0.0282. The Labute approximate surface area is 165 Å². The fraction of sp³-hybridized carbons (Fsp3) is 0.500. The van der Waals surface area contributed by atoms with E-state index in [0.717, 1.165) is 17.0 Å². The number of carbonyl (C=O) groups is 3. The average molecular weight is 416 g/mol. The fourth-order valence-corrected chi connectivity index (χ4v) is 3.01. The van der Waals surface area contributed by atoms with Crippen molar-refractivity contribution in [1.82, 2.24) is 10.2 Å². The summed E-state index contributed by atoms with van der Waals surface area (Å²) in [4.78, 5) is 39.2. The monoisotopic (exact) mass is 415 g/mol. The van der Waals surface area contributed by atoms with E-state index < -0.39 is 46.3 Å². The molecule has 1 N–H and O–H groups in total. The molecule has 0 bridgehead atoms. The maximum atomic E-state index is 14.5. The Hall–Kier alpha value is -2.42. The first-order valence-electron chi connectivity index (χ1n) is 8.77. The van der Waals surface area contributed by atoms with Gasteiger partial charge in [0.25, 0.3) is 5.91 Å². The third-order valence-corrected chi connectivity index (χ3v) is 4.59. The van der Waals surface area contributed by atoms with Gasteiger partial charge in [-0.25, -0.2) is 23.3 Å². The molecule has 1 unspecified atom stereocenters. The van der Waals surface area contributed by atoms with Crippen molar-refractivity contribution >= 4 is 35.3 Å². The van der Waals surface area contributed by atoms with Crippen molar-refractivity contribution in [2.75, 3.05) is 11.4 Å². The van der Waals surface area contributed by atoms with E-state index in [1.807, 2.05) is 0 Å². The van der Waals surface area contributed by atoms with E-state index in [0.29, 0.717) is 12.8 Å². The number of hydrogen-bond acceptors (Lipinski definition) is 4. The number of amides is 4. The number of rotatable bonds is 3. The van der Waals surface area contributed by atoms with Crippen LogP contribution in [0.5, 0.6) is 0 Å². The van der Waals surface area contributed by atoms with Crippen LogP contribution in [0.3, 0.4) is 0 Å². The summed E-state index contributed by atoms with van der Waals surface area (Å²) in [5, 5.41) is 1.71. The number of urea groups is 1. The van der Waals surface area contributed by atoms with E-state index in [4.69, 9.17) is 16.3 Å². The van der Waals surface area contributed by atoms with Crippen molar-refractivity contribution in [3.63, 3.8) is 0 Å². The highest BCUT2D eigenvalue weighted by Crippen LogP contribution is 2.36. The molecule has 1 atom stereocenters. The Morgan fingerprint density at radius 1 is 1.29 bits per heavy atom. The van der Waals surface area contributed by atoms with E-state index in [1.165, 1.54) is 4.90 Å². The lowest BCUT2D eigenvalue weighted by molar-refractivity contribution is -0.120. The van der Waals surface area contributed by atoms with Gasteiger partial charge in [0.1, 0.15) is 22.5 Å². The number of nitrogens with zero attached hydrogens (tertiary/aromatic N) is 2. The number of nitrogens with one attached hydrogen (secondary N) is 1. The van der Waals surface area contributed by atoms with Gasteiger partial charge in [-0.2, -0.15) is 0 Å². The van der Waals surface area contributed by atoms with Crippen LogP contribution in [0, 0.1) is 11.6 Å². The number of carbonyl (C=O) groups excluding carboxylic acids is 3. The zero-order chi connectivity index (χ0) is 20.8. The van der Waals surface area contributed by atoms with Crippen molar-refractivity contribution in [3.8, 4) is 0 Å². The van der Waals surface area contributed by atoms with Gasteiger partial charge in [0.15, 0.2) is 5.82 Å². The quantitative estimate of drug-likeness (QED) is 0.767. The predicted molar refractivity (Wildman–Crippen MR) is 97.1 cm³/mol. The molecule has 1 aliphatic heterocycles. The number of imide groups is 1. The average Bonchev–Trinajstić information content (AvgIpc) is 3.34. The molecule has 152 valence electrons. The van der Waals surface area contributed by atoms with Crippen molar-refractivity contribution in [2.45, 2.75) is 51.3 Å². The second kappa shape index (κ2) is 7.20. The maximum Gasteiger partial charge on any atom is 0.418 e. The molecule has 1 saturated heterocycles. The molecule has 2 fully saturated rings. The van der Waals surface area contributed by atoms with E-state index >= 15 is 0 Å². The van der Waals surface area contributed by atoms with Gasteiger partial charge in [-0.05, 0) is 45.7 Å². The summed E-state index contributed by atoms with van der Waals surface area (Å²) < 4.78 is 33.1. The predicted octanol–water partition coefficient (Wildman–Crippen LogP) is 3.44. The molecule has 7 nitrogen and oxygen atoms in total. The molecule has 28 heavy (non-hydrogen) atoms. The van der Waals surface area contributed by atoms with Crippen LogP contribution < -0.4 is 10.2 Å². The minimum Gasteiger partial charge on any atom is -0.443 e. The topological polar surface area (TPSA) is 79.0 Å². The van der Waals surface area contributed by atoms with Crippen molar-refractivity contribution in [1.29, 1.82) is 0 Å². The Balaban J connectivity index is 1.81. The van der Waals surface area contributed by atoms with Crippen molar-refractivity contribution in [2.24, 2.45) is 0 Å². The largest absolute Gasteiger partial charge is 0.443 e. The second-order valence-corrected chi connectivity index (χ2v) is 8.10. The van der Waals surface area contributed by atoms with Crippen LogP contribution in [0.4, 0.5) is 24.1 Å². The molecule has 1 aromatic carbocycles. The van der Waals surface area contributed by atoms with Gasteiger partial charge in [0, 0.05) is 6.04 Å². The van der Waals surface area contributed by atoms with Crippen LogP contribution >= 0.6 is 11.6 Å². The number of benzene rings is 1. The standard InChI is InChI=1S/C18H20ClF2N3O4/c1-18(2,3)28-17(27)23-8-11(22-16(23)26)15(25)24(9-4-5-9)12-7-6-10(20)13(19)14(12)21/h6-7,9,11H,4-5,8H2,1-3H3,(H,22,26). The Kier molecular flexibility index (Phi) is 5.22. The first-order chi connectivity index (χ1) is 13.0. The second-order valence-electron chi connectivity index (χ2n) is 7.73. The van der Waals surface area contributed by atoms with Gasteiger partial charge in [0.05, 0.1) is 12.2 Å². The molecule has 0 radical (unpaired) electrons. The van der Waals surface area contributed by atoms with E-state index in [1.54, 1.807) is 20.8 Å². The highest BCUT2D eigenvalue weighted by atomic mass is 35.5. The number of halogens is 3. The van der Waals surface area contributed by atoms with E-state index in [-0.39, 0.29) is 18.3 Å². The number of anilines is 1. The summed E-state index contributed by atoms with van der Waals surface area (Å²) in [5.74, 6) is -2.59. The SMILES string of the molecule is CC(C)(C)OC(=O)N1CC(C(=O)N(c2ccc(F)c(Cl)c2F)C2CC2)NC1=O. The molecule has 2 aliphatic rings. The summed E-state index contributed by atoms with van der Waals surface area (Å²) in [6.45, 7) is 4.69. The van der Waals surface area contributed by atoms with Crippen LogP contribution in [0.25, 0.3) is 0 Å².